The third-order valence-corrected chi connectivity index (χ3v) is 5.75. The number of amides is 1. The van der Waals surface area contributed by atoms with Crippen molar-refractivity contribution in [1.82, 2.24) is 9.88 Å². The van der Waals surface area contributed by atoms with Crippen LogP contribution in [-0.2, 0) is 0 Å². The molecule has 0 unspecified atom stereocenters. The number of hydrogen-bond donors (Lipinski definition) is 0. The number of rotatable bonds is 3. The summed E-state index contributed by atoms with van der Waals surface area (Å²) in [4.78, 5) is 21.9. The summed E-state index contributed by atoms with van der Waals surface area (Å²) in [5, 5.41) is 1.06. The highest BCUT2D eigenvalue weighted by Crippen LogP contribution is 2.33. The molecule has 1 amide bonds. The minimum absolute atomic E-state index is 0.0654. The van der Waals surface area contributed by atoms with Gasteiger partial charge >= 0.3 is 0 Å². The van der Waals surface area contributed by atoms with Crippen LogP contribution in [0, 0.1) is 5.82 Å². The first-order valence-electron chi connectivity index (χ1n) is 10.4. The molecule has 0 spiro atoms. The van der Waals surface area contributed by atoms with Crippen LogP contribution in [0.15, 0.2) is 84.9 Å². The number of piperazine rings is 1. The number of halogens is 1. The summed E-state index contributed by atoms with van der Waals surface area (Å²) in [5.74, 6) is -0.199. The summed E-state index contributed by atoms with van der Waals surface area (Å²) in [6.45, 7) is 2.71. The smallest absolute Gasteiger partial charge is 0.253 e. The van der Waals surface area contributed by atoms with E-state index in [0.29, 0.717) is 26.2 Å². The van der Waals surface area contributed by atoms with E-state index in [9.17, 15) is 9.18 Å². The van der Waals surface area contributed by atoms with E-state index in [1.54, 1.807) is 12.1 Å². The number of carbonyl (C=O) groups excluding carboxylic acids is 1. The number of hydrogen-bond acceptors (Lipinski definition) is 3. The Morgan fingerprint density at radius 2 is 1.48 bits per heavy atom. The fourth-order valence-electron chi connectivity index (χ4n) is 4.08. The largest absolute Gasteiger partial charge is 0.366 e. The highest BCUT2D eigenvalue weighted by atomic mass is 19.1. The highest BCUT2D eigenvalue weighted by Gasteiger charge is 2.24. The second-order valence-electron chi connectivity index (χ2n) is 7.70. The van der Waals surface area contributed by atoms with Gasteiger partial charge in [-0.1, -0.05) is 36.4 Å². The fraction of sp³-hybridized carbons (Fsp3) is 0.154. The molecule has 0 atom stereocenters. The predicted octanol–water partition coefficient (Wildman–Crippen LogP) is 5.00. The van der Waals surface area contributed by atoms with Gasteiger partial charge in [-0.2, -0.15) is 0 Å². The van der Waals surface area contributed by atoms with Crippen molar-refractivity contribution in [3.8, 4) is 11.3 Å². The number of benzene rings is 3. The van der Waals surface area contributed by atoms with Crippen LogP contribution >= 0.6 is 0 Å². The Bertz CT molecular complexity index is 1220. The zero-order valence-electron chi connectivity index (χ0n) is 17.0. The Hall–Kier alpha value is -3.73. The second kappa shape index (κ2) is 8.19. The van der Waals surface area contributed by atoms with E-state index in [0.717, 1.165) is 33.4 Å². The maximum absolute atomic E-state index is 13.5. The van der Waals surface area contributed by atoms with Gasteiger partial charge in [0.15, 0.2) is 0 Å². The van der Waals surface area contributed by atoms with Crippen LogP contribution in [0.25, 0.3) is 22.2 Å². The van der Waals surface area contributed by atoms with E-state index < -0.39 is 0 Å². The van der Waals surface area contributed by atoms with Crippen molar-refractivity contribution in [2.75, 3.05) is 31.1 Å². The maximum Gasteiger partial charge on any atom is 0.253 e. The Kier molecular flexibility index (Phi) is 5.08. The number of nitrogens with zero attached hydrogens (tertiary/aromatic N) is 3. The third-order valence-electron chi connectivity index (χ3n) is 5.75. The molecule has 0 radical (unpaired) electrons. The number of aromatic nitrogens is 1. The van der Waals surface area contributed by atoms with Gasteiger partial charge in [-0.15, -0.1) is 0 Å². The molecule has 1 aliphatic rings. The fourth-order valence-corrected chi connectivity index (χ4v) is 4.08. The summed E-state index contributed by atoms with van der Waals surface area (Å²) < 4.78 is 13.5. The number of para-hydroxylation sites is 1. The molecule has 4 aromatic rings. The topological polar surface area (TPSA) is 36.4 Å². The molecule has 3 aromatic carbocycles. The van der Waals surface area contributed by atoms with Crippen molar-refractivity contribution in [2.24, 2.45) is 0 Å². The third kappa shape index (κ3) is 3.87. The molecule has 1 aliphatic heterocycles. The summed E-state index contributed by atoms with van der Waals surface area (Å²) in [5.41, 5.74) is 4.35. The van der Waals surface area contributed by atoms with Crippen molar-refractivity contribution < 1.29 is 9.18 Å². The molecule has 2 heterocycles. The van der Waals surface area contributed by atoms with Crippen molar-refractivity contribution >= 4 is 22.5 Å². The van der Waals surface area contributed by atoms with Crippen molar-refractivity contribution in [1.29, 1.82) is 0 Å². The first-order chi connectivity index (χ1) is 15.2. The molecule has 0 N–H and O–H groups in total. The average molecular weight is 411 g/mol. The first kappa shape index (κ1) is 19.2. The van der Waals surface area contributed by atoms with E-state index >= 15 is 0 Å². The standard InChI is InChI=1S/C26H22FN3O/c27-22-12-10-19(11-13-22)25-24(18-21-8-4-5-9-23(21)28-25)29-14-16-30(17-15-29)26(31)20-6-2-1-3-7-20/h1-13,18H,14-17H2. The molecule has 1 saturated heterocycles. The van der Waals surface area contributed by atoms with Crippen molar-refractivity contribution in [3.05, 3.63) is 96.3 Å². The molecule has 154 valence electrons. The minimum Gasteiger partial charge on any atom is -0.366 e. The molecule has 4 nitrogen and oxygen atoms in total. The van der Waals surface area contributed by atoms with Crippen LogP contribution in [-0.4, -0.2) is 42.0 Å². The summed E-state index contributed by atoms with van der Waals surface area (Å²) in [6.07, 6.45) is 0. The monoisotopic (exact) mass is 411 g/mol. The van der Waals surface area contributed by atoms with Gasteiger partial charge in [0.25, 0.3) is 5.91 Å². The van der Waals surface area contributed by atoms with Crippen LogP contribution in [0.2, 0.25) is 0 Å². The molecule has 0 saturated carbocycles. The quantitative estimate of drug-likeness (QED) is 0.476. The van der Waals surface area contributed by atoms with E-state index in [2.05, 4.69) is 17.0 Å². The van der Waals surface area contributed by atoms with E-state index in [4.69, 9.17) is 4.98 Å². The molecule has 5 rings (SSSR count). The lowest BCUT2D eigenvalue weighted by molar-refractivity contribution is 0.0747. The molecule has 0 aliphatic carbocycles. The van der Waals surface area contributed by atoms with Crippen LogP contribution in [0.4, 0.5) is 10.1 Å². The van der Waals surface area contributed by atoms with Crippen LogP contribution in [0.1, 0.15) is 10.4 Å². The number of anilines is 1. The van der Waals surface area contributed by atoms with Crippen LogP contribution in [0.5, 0.6) is 0 Å². The van der Waals surface area contributed by atoms with Crippen LogP contribution < -0.4 is 4.90 Å². The highest BCUT2D eigenvalue weighted by molar-refractivity contribution is 5.94. The summed E-state index contributed by atoms with van der Waals surface area (Å²) in [7, 11) is 0. The molecular weight excluding hydrogens is 389 g/mol. The lowest BCUT2D eigenvalue weighted by Crippen LogP contribution is -2.49. The van der Waals surface area contributed by atoms with Gasteiger partial charge in [-0.05, 0) is 48.5 Å². The molecule has 5 heteroatoms. The van der Waals surface area contributed by atoms with Crippen molar-refractivity contribution in [2.45, 2.75) is 0 Å². The van der Waals surface area contributed by atoms with Gasteiger partial charge in [-0.25, -0.2) is 9.37 Å². The molecule has 31 heavy (non-hydrogen) atoms. The number of carbonyl (C=O) groups is 1. The zero-order valence-corrected chi connectivity index (χ0v) is 17.0. The molecule has 0 bridgehead atoms. The lowest BCUT2D eigenvalue weighted by Gasteiger charge is -2.37. The van der Waals surface area contributed by atoms with Gasteiger partial charge in [0.1, 0.15) is 5.82 Å². The predicted molar refractivity (Wildman–Crippen MR) is 122 cm³/mol. The Morgan fingerprint density at radius 1 is 0.806 bits per heavy atom. The Labute approximate surface area is 180 Å². The molecule has 1 fully saturated rings. The van der Waals surface area contributed by atoms with Gasteiger partial charge in [-0.3, -0.25) is 4.79 Å². The average Bonchev–Trinajstić information content (AvgIpc) is 2.84. The Morgan fingerprint density at radius 3 is 2.23 bits per heavy atom. The molecular formula is C26H22FN3O. The van der Waals surface area contributed by atoms with Crippen LogP contribution in [0.3, 0.4) is 0 Å². The number of fused-ring (bicyclic) bond motifs is 1. The van der Waals surface area contributed by atoms with Crippen molar-refractivity contribution in [3.63, 3.8) is 0 Å². The summed E-state index contributed by atoms with van der Waals surface area (Å²) in [6, 6.07) is 26.0. The van der Waals surface area contributed by atoms with E-state index in [1.807, 2.05) is 53.4 Å². The maximum atomic E-state index is 13.5. The van der Waals surface area contributed by atoms with E-state index in [1.165, 1.54) is 12.1 Å². The van der Waals surface area contributed by atoms with Gasteiger partial charge in [0, 0.05) is 42.7 Å². The zero-order chi connectivity index (χ0) is 21.2. The van der Waals surface area contributed by atoms with E-state index in [-0.39, 0.29) is 11.7 Å². The normalized spacial score (nSPS) is 14.1. The van der Waals surface area contributed by atoms with Gasteiger partial charge in [0.2, 0.25) is 0 Å². The first-order valence-corrected chi connectivity index (χ1v) is 10.4. The van der Waals surface area contributed by atoms with Gasteiger partial charge in [0.05, 0.1) is 16.9 Å². The lowest BCUT2D eigenvalue weighted by atomic mass is 10.1. The summed E-state index contributed by atoms with van der Waals surface area (Å²) >= 11 is 0. The second-order valence-corrected chi connectivity index (χ2v) is 7.70. The van der Waals surface area contributed by atoms with Gasteiger partial charge < -0.3 is 9.80 Å². The Balaban J connectivity index is 1.45. The SMILES string of the molecule is O=C(c1ccccc1)N1CCN(c2cc3ccccc3nc2-c2ccc(F)cc2)CC1. The number of pyridine rings is 1. The minimum atomic E-state index is -0.265. The molecule has 1 aromatic heterocycles.